The Labute approximate surface area is 161 Å². The van der Waals surface area contributed by atoms with E-state index in [-0.39, 0.29) is 11.5 Å². The number of hydrogen-bond acceptors (Lipinski definition) is 6. The first kappa shape index (κ1) is 17.6. The maximum absolute atomic E-state index is 12.8. The maximum Gasteiger partial charge on any atom is 0.270 e. The molecule has 2 aromatic heterocycles. The van der Waals surface area contributed by atoms with Gasteiger partial charge in [-0.05, 0) is 25.3 Å². The van der Waals surface area contributed by atoms with Gasteiger partial charge in [-0.3, -0.25) is 9.59 Å². The number of nitrogens with one attached hydrogen (secondary N) is 1. The third kappa shape index (κ3) is 3.04. The third-order valence-corrected chi connectivity index (χ3v) is 6.00. The van der Waals surface area contributed by atoms with Gasteiger partial charge in [0.2, 0.25) is 5.56 Å². The Morgan fingerprint density at radius 1 is 1.21 bits per heavy atom. The van der Waals surface area contributed by atoms with Crippen LogP contribution in [0.5, 0.6) is 0 Å². The highest BCUT2D eigenvalue weighted by Gasteiger charge is 2.45. The van der Waals surface area contributed by atoms with Crippen LogP contribution < -0.4 is 5.56 Å². The van der Waals surface area contributed by atoms with Gasteiger partial charge < -0.3 is 23.9 Å². The number of pyridine rings is 1. The van der Waals surface area contributed by atoms with Crippen molar-refractivity contribution in [3.8, 4) is 0 Å². The predicted molar refractivity (Wildman–Crippen MR) is 97.9 cm³/mol. The molecule has 1 amide bonds. The summed E-state index contributed by atoms with van der Waals surface area (Å²) in [5, 5.41) is 8.77. The Balaban J connectivity index is 1.35. The van der Waals surface area contributed by atoms with Gasteiger partial charge in [0.05, 0.1) is 13.1 Å². The Morgan fingerprint density at radius 3 is 2.89 bits per heavy atom. The third-order valence-electron chi connectivity index (χ3n) is 6.00. The summed E-state index contributed by atoms with van der Waals surface area (Å²) in [6.45, 7) is 3.66. The number of fused-ring (bicyclic) bond motifs is 1. The van der Waals surface area contributed by atoms with Gasteiger partial charge in [0.25, 0.3) is 5.91 Å². The van der Waals surface area contributed by atoms with Crippen LogP contribution in [0.2, 0.25) is 0 Å². The molecule has 1 spiro atoms. The van der Waals surface area contributed by atoms with Crippen molar-refractivity contribution >= 4 is 5.91 Å². The van der Waals surface area contributed by atoms with Crippen LogP contribution >= 0.6 is 0 Å². The highest BCUT2D eigenvalue weighted by molar-refractivity contribution is 5.92. The second-order valence-electron chi connectivity index (χ2n) is 7.82. The molecule has 9 heteroatoms. The topological polar surface area (TPSA) is 102 Å². The molecule has 0 radical (unpaired) electrons. The van der Waals surface area contributed by atoms with E-state index in [1.165, 1.54) is 6.07 Å². The maximum atomic E-state index is 12.8. The average Bonchev–Trinajstić information content (AvgIpc) is 3.33. The summed E-state index contributed by atoms with van der Waals surface area (Å²) >= 11 is 0. The van der Waals surface area contributed by atoms with E-state index in [4.69, 9.17) is 9.47 Å². The Bertz CT molecular complexity index is 948. The number of carbonyl (C=O) groups excluding carboxylic acids is 1. The Kier molecular flexibility index (Phi) is 4.28. The summed E-state index contributed by atoms with van der Waals surface area (Å²) in [5.41, 5.74) is -0.391. The van der Waals surface area contributed by atoms with E-state index in [9.17, 15) is 9.59 Å². The molecule has 2 saturated heterocycles. The molecule has 1 unspecified atom stereocenters. The Morgan fingerprint density at radius 2 is 2.07 bits per heavy atom. The minimum absolute atomic E-state index is 0.169. The predicted octanol–water partition coefficient (Wildman–Crippen LogP) is 0.675. The fourth-order valence-corrected chi connectivity index (χ4v) is 4.45. The molecule has 148 valence electrons. The second-order valence-corrected chi connectivity index (χ2v) is 7.82. The zero-order valence-electron chi connectivity index (χ0n) is 15.6. The van der Waals surface area contributed by atoms with Crippen molar-refractivity contribution < 1.29 is 14.3 Å². The highest BCUT2D eigenvalue weighted by atomic mass is 16.5. The molecular weight excluding hydrogens is 362 g/mol. The van der Waals surface area contributed by atoms with Crippen molar-refractivity contribution in [3.63, 3.8) is 0 Å². The van der Waals surface area contributed by atoms with Crippen molar-refractivity contribution in [2.75, 3.05) is 26.3 Å². The van der Waals surface area contributed by atoms with Gasteiger partial charge in [-0.15, -0.1) is 10.2 Å². The molecule has 1 N–H and O–H groups in total. The fraction of sp³-hybridized carbons (Fsp3) is 0.579. The van der Waals surface area contributed by atoms with E-state index < -0.39 is 5.60 Å². The molecule has 3 aliphatic heterocycles. The molecule has 3 aliphatic rings. The molecule has 0 aromatic carbocycles. The lowest BCUT2D eigenvalue weighted by atomic mass is 9.97. The largest absolute Gasteiger partial charge is 0.381 e. The second kappa shape index (κ2) is 6.82. The minimum Gasteiger partial charge on any atom is -0.381 e. The van der Waals surface area contributed by atoms with Gasteiger partial charge in [-0.2, -0.15) is 0 Å². The van der Waals surface area contributed by atoms with E-state index >= 15 is 0 Å². The molecule has 2 aromatic rings. The molecule has 9 nitrogen and oxygen atoms in total. The number of hydrogen-bond donors (Lipinski definition) is 1. The number of aromatic amines is 1. The monoisotopic (exact) mass is 385 g/mol. The van der Waals surface area contributed by atoms with Crippen molar-refractivity contribution in [1.29, 1.82) is 0 Å². The molecule has 0 saturated carbocycles. The summed E-state index contributed by atoms with van der Waals surface area (Å²) in [4.78, 5) is 28.7. The van der Waals surface area contributed by atoms with Crippen LogP contribution in [0.4, 0.5) is 0 Å². The summed E-state index contributed by atoms with van der Waals surface area (Å²) < 4.78 is 13.8. The number of rotatable bonds is 2. The van der Waals surface area contributed by atoms with Crippen LogP contribution in [0.3, 0.4) is 0 Å². The first-order chi connectivity index (χ1) is 13.6. The quantitative estimate of drug-likeness (QED) is 0.815. The van der Waals surface area contributed by atoms with Crippen LogP contribution in [0.25, 0.3) is 0 Å². The van der Waals surface area contributed by atoms with E-state index in [1.807, 2.05) is 0 Å². The smallest absolute Gasteiger partial charge is 0.270 e. The minimum atomic E-state index is -0.431. The highest BCUT2D eigenvalue weighted by Crippen LogP contribution is 2.35. The molecule has 1 atom stereocenters. The van der Waals surface area contributed by atoms with E-state index in [1.54, 1.807) is 17.0 Å². The van der Waals surface area contributed by atoms with Gasteiger partial charge in [0.1, 0.15) is 23.7 Å². The first-order valence-electron chi connectivity index (χ1n) is 9.76. The molecule has 5 heterocycles. The summed E-state index contributed by atoms with van der Waals surface area (Å²) in [5.74, 6) is 2.05. The van der Waals surface area contributed by atoms with Crippen molar-refractivity contribution in [3.05, 3.63) is 45.9 Å². The number of aromatic nitrogens is 4. The molecule has 28 heavy (non-hydrogen) atoms. The summed E-state index contributed by atoms with van der Waals surface area (Å²) in [6.07, 6.45) is 2.66. The van der Waals surface area contributed by atoms with Gasteiger partial charge in [-0.1, -0.05) is 6.07 Å². The van der Waals surface area contributed by atoms with E-state index in [0.717, 1.165) is 44.1 Å². The Hall–Kier alpha value is -2.52. The fourth-order valence-electron chi connectivity index (χ4n) is 4.45. The number of amides is 1. The summed E-state index contributed by atoms with van der Waals surface area (Å²) in [6, 6.07) is 4.63. The standard InChI is InChI=1S/C19H23N5O4/c25-16-3-1-2-14(20-16)18(26)23-7-6-19(11-23)12-24-15(10-28-19)21-22-17(24)13-4-8-27-9-5-13/h1-3,13H,4-12H2,(H,20,25). The number of carbonyl (C=O) groups is 1. The lowest BCUT2D eigenvalue weighted by Gasteiger charge is -2.35. The van der Waals surface area contributed by atoms with Crippen molar-refractivity contribution in [2.45, 2.75) is 43.9 Å². The molecular formula is C19H23N5O4. The molecule has 0 bridgehead atoms. The van der Waals surface area contributed by atoms with Gasteiger partial charge in [-0.25, -0.2) is 0 Å². The first-order valence-corrected chi connectivity index (χ1v) is 9.76. The van der Waals surface area contributed by atoms with E-state index in [0.29, 0.717) is 37.9 Å². The van der Waals surface area contributed by atoms with Gasteiger partial charge >= 0.3 is 0 Å². The SMILES string of the molecule is O=C(c1cccc(=O)[nH]1)N1CCC2(C1)Cn1c(nnc1C1CCOCC1)CO2. The van der Waals surface area contributed by atoms with Crippen molar-refractivity contribution in [1.82, 2.24) is 24.6 Å². The lowest BCUT2D eigenvalue weighted by Crippen LogP contribution is -2.45. The average molecular weight is 385 g/mol. The van der Waals surface area contributed by atoms with E-state index in [2.05, 4.69) is 19.7 Å². The summed E-state index contributed by atoms with van der Waals surface area (Å²) in [7, 11) is 0. The molecule has 2 fully saturated rings. The van der Waals surface area contributed by atoms with Crippen LogP contribution in [0.1, 0.15) is 47.3 Å². The van der Waals surface area contributed by atoms with Crippen LogP contribution in [0, 0.1) is 0 Å². The van der Waals surface area contributed by atoms with Crippen LogP contribution in [-0.4, -0.2) is 62.5 Å². The zero-order chi connectivity index (χ0) is 19.1. The van der Waals surface area contributed by atoms with Gasteiger partial charge in [0, 0.05) is 31.7 Å². The van der Waals surface area contributed by atoms with Gasteiger partial charge in [0.15, 0.2) is 5.82 Å². The molecule has 5 rings (SSSR count). The van der Waals surface area contributed by atoms with Crippen molar-refractivity contribution in [2.24, 2.45) is 0 Å². The number of likely N-dealkylation sites (tertiary alicyclic amines) is 1. The number of H-pyrrole nitrogens is 1. The normalized spacial score (nSPS) is 25.2. The lowest BCUT2D eigenvalue weighted by molar-refractivity contribution is -0.0819. The van der Waals surface area contributed by atoms with Crippen LogP contribution in [-0.2, 0) is 22.6 Å². The zero-order valence-corrected chi connectivity index (χ0v) is 15.6. The molecule has 0 aliphatic carbocycles. The van der Waals surface area contributed by atoms with Crippen LogP contribution in [0.15, 0.2) is 23.0 Å². The number of nitrogens with zero attached hydrogens (tertiary/aromatic N) is 4. The number of ether oxygens (including phenoxy) is 2.